The summed E-state index contributed by atoms with van der Waals surface area (Å²) in [5, 5.41) is 7.44. The van der Waals surface area contributed by atoms with Gasteiger partial charge in [0.15, 0.2) is 11.6 Å². The van der Waals surface area contributed by atoms with E-state index >= 15 is 0 Å². The van der Waals surface area contributed by atoms with Crippen LogP contribution in [0, 0.1) is 11.6 Å². The molecule has 0 saturated carbocycles. The molecule has 0 aliphatic carbocycles. The third-order valence-corrected chi connectivity index (χ3v) is 2.25. The zero-order valence-electron chi connectivity index (χ0n) is 9.42. The Labute approximate surface area is 103 Å². The monoisotopic (exact) mass is 244 g/mol. The zero-order valence-corrected chi connectivity index (χ0v) is 9.42. The average Bonchev–Trinajstić information content (AvgIpc) is 2.40. The van der Waals surface area contributed by atoms with Crippen LogP contribution >= 0.6 is 0 Å². The summed E-state index contributed by atoms with van der Waals surface area (Å²) < 4.78 is 26.1. The summed E-state index contributed by atoms with van der Waals surface area (Å²) in [7, 11) is 0. The van der Waals surface area contributed by atoms with Crippen LogP contribution in [0.5, 0.6) is 0 Å². The Balaban J connectivity index is 2.08. The van der Waals surface area contributed by atoms with Gasteiger partial charge in [-0.05, 0) is 11.6 Å². The number of halogens is 2. The highest BCUT2D eigenvalue weighted by molar-refractivity contribution is 5.82. The van der Waals surface area contributed by atoms with Crippen molar-refractivity contribution >= 4 is 12.4 Å². The SMILES string of the molecule is Fc1cccc(C=NN=Cc2ccccc2)c1F. The van der Waals surface area contributed by atoms with E-state index in [1.54, 1.807) is 0 Å². The van der Waals surface area contributed by atoms with Crippen LogP contribution in [0.4, 0.5) is 8.78 Å². The molecule has 0 atom stereocenters. The highest BCUT2D eigenvalue weighted by Gasteiger charge is 2.04. The molecule has 0 radical (unpaired) electrons. The Morgan fingerprint density at radius 3 is 2.28 bits per heavy atom. The number of hydrogen-bond acceptors (Lipinski definition) is 2. The van der Waals surface area contributed by atoms with Gasteiger partial charge >= 0.3 is 0 Å². The minimum absolute atomic E-state index is 0.0696. The van der Waals surface area contributed by atoms with Crippen molar-refractivity contribution in [1.29, 1.82) is 0 Å². The molecule has 0 amide bonds. The molecule has 0 unspecified atom stereocenters. The van der Waals surface area contributed by atoms with Crippen LogP contribution < -0.4 is 0 Å². The van der Waals surface area contributed by atoms with Crippen molar-refractivity contribution in [3.05, 3.63) is 71.3 Å². The summed E-state index contributed by atoms with van der Waals surface area (Å²) >= 11 is 0. The first-order chi connectivity index (χ1) is 8.77. The first-order valence-corrected chi connectivity index (χ1v) is 5.33. The molecule has 18 heavy (non-hydrogen) atoms. The van der Waals surface area contributed by atoms with Gasteiger partial charge in [-0.15, -0.1) is 0 Å². The van der Waals surface area contributed by atoms with Crippen LogP contribution in [0.2, 0.25) is 0 Å². The standard InChI is InChI=1S/C14H10F2N2/c15-13-8-4-7-12(14(13)16)10-18-17-9-11-5-2-1-3-6-11/h1-10H. The number of hydrogen-bond donors (Lipinski definition) is 0. The molecule has 0 N–H and O–H groups in total. The molecule has 2 rings (SSSR count). The van der Waals surface area contributed by atoms with E-state index in [4.69, 9.17) is 0 Å². The van der Waals surface area contributed by atoms with Crippen molar-refractivity contribution in [3.8, 4) is 0 Å². The lowest BCUT2D eigenvalue weighted by Crippen LogP contribution is -1.91. The van der Waals surface area contributed by atoms with Gasteiger partial charge in [-0.3, -0.25) is 0 Å². The van der Waals surface area contributed by atoms with Crippen molar-refractivity contribution in [2.75, 3.05) is 0 Å². The fourth-order valence-electron chi connectivity index (χ4n) is 1.35. The lowest BCUT2D eigenvalue weighted by atomic mass is 10.2. The number of benzene rings is 2. The van der Waals surface area contributed by atoms with E-state index in [9.17, 15) is 8.78 Å². The summed E-state index contributed by atoms with van der Waals surface area (Å²) in [5.41, 5.74) is 0.953. The van der Waals surface area contributed by atoms with Crippen LogP contribution in [-0.4, -0.2) is 12.4 Å². The lowest BCUT2D eigenvalue weighted by Gasteiger charge is -1.95. The molecule has 90 valence electrons. The van der Waals surface area contributed by atoms with Gasteiger partial charge in [0, 0.05) is 5.56 Å². The van der Waals surface area contributed by atoms with Gasteiger partial charge in [-0.1, -0.05) is 42.5 Å². The Morgan fingerprint density at radius 1 is 0.778 bits per heavy atom. The summed E-state index contributed by atoms with van der Waals surface area (Å²) in [5.74, 6) is -1.82. The van der Waals surface area contributed by atoms with Crippen molar-refractivity contribution in [3.63, 3.8) is 0 Å². The predicted molar refractivity (Wildman–Crippen MR) is 68.0 cm³/mol. The van der Waals surface area contributed by atoms with Gasteiger partial charge < -0.3 is 0 Å². The molecule has 0 spiro atoms. The number of rotatable bonds is 3. The predicted octanol–water partition coefficient (Wildman–Crippen LogP) is 3.42. The Kier molecular flexibility index (Phi) is 3.91. The second-order valence-electron chi connectivity index (χ2n) is 3.54. The second kappa shape index (κ2) is 5.82. The fourth-order valence-corrected chi connectivity index (χ4v) is 1.35. The molecular weight excluding hydrogens is 234 g/mol. The summed E-state index contributed by atoms with van der Waals surface area (Å²) in [6.45, 7) is 0. The Hall–Kier alpha value is -2.36. The Bertz CT molecular complexity index is 578. The smallest absolute Gasteiger partial charge is 0.167 e. The molecule has 0 aromatic heterocycles. The highest BCUT2D eigenvalue weighted by atomic mass is 19.2. The van der Waals surface area contributed by atoms with Crippen molar-refractivity contribution in [2.24, 2.45) is 10.2 Å². The summed E-state index contributed by atoms with van der Waals surface area (Å²) in [4.78, 5) is 0. The molecule has 0 aliphatic heterocycles. The minimum Gasteiger partial charge on any atom is -0.204 e. The van der Waals surface area contributed by atoms with Crippen molar-refractivity contribution < 1.29 is 8.78 Å². The molecule has 2 aromatic rings. The normalized spacial score (nSPS) is 11.4. The van der Waals surface area contributed by atoms with Gasteiger partial charge in [0.25, 0.3) is 0 Å². The van der Waals surface area contributed by atoms with Gasteiger partial charge in [0.2, 0.25) is 0 Å². The topological polar surface area (TPSA) is 24.7 Å². The molecule has 0 bridgehead atoms. The molecule has 0 saturated heterocycles. The molecule has 0 aliphatic rings. The van der Waals surface area contributed by atoms with Crippen molar-refractivity contribution in [1.82, 2.24) is 0 Å². The van der Waals surface area contributed by atoms with E-state index in [0.717, 1.165) is 11.6 Å². The van der Waals surface area contributed by atoms with Crippen LogP contribution in [0.3, 0.4) is 0 Å². The van der Waals surface area contributed by atoms with E-state index < -0.39 is 11.6 Å². The summed E-state index contributed by atoms with van der Waals surface area (Å²) in [6, 6.07) is 13.3. The molecule has 4 heteroatoms. The van der Waals surface area contributed by atoms with Crippen LogP contribution in [0.15, 0.2) is 58.7 Å². The van der Waals surface area contributed by atoms with Gasteiger partial charge in [0.05, 0.1) is 12.4 Å². The maximum absolute atomic E-state index is 13.2. The number of nitrogens with zero attached hydrogens (tertiary/aromatic N) is 2. The van der Waals surface area contributed by atoms with E-state index in [1.165, 1.54) is 24.6 Å². The van der Waals surface area contributed by atoms with Crippen LogP contribution in [0.25, 0.3) is 0 Å². The molecule has 0 heterocycles. The van der Waals surface area contributed by atoms with E-state index in [1.807, 2.05) is 30.3 Å². The maximum atomic E-state index is 13.2. The van der Waals surface area contributed by atoms with E-state index in [0.29, 0.717) is 0 Å². The third kappa shape index (κ3) is 3.07. The highest BCUT2D eigenvalue weighted by Crippen LogP contribution is 2.08. The second-order valence-corrected chi connectivity index (χ2v) is 3.54. The molecule has 2 nitrogen and oxygen atoms in total. The molecule has 0 fully saturated rings. The summed E-state index contributed by atoms with van der Waals surface area (Å²) in [6.07, 6.45) is 2.71. The minimum atomic E-state index is -0.920. The lowest BCUT2D eigenvalue weighted by molar-refractivity contribution is 0.507. The first-order valence-electron chi connectivity index (χ1n) is 5.33. The van der Waals surface area contributed by atoms with Crippen molar-refractivity contribution in [2.45, 2.75) is 0 Å². The molecular formula is C14H10F2N2. The largest absolute Gasteiger partial charge is 0.204 e. The van der Waals surface area contributed by atoms with Crippen LogP contribution in [0.1, 0.15) is 11.1 Å². The maximum Gasteiger partial charge on any atom is 0.167 e. The quantitative estimate of drug-likeness (QED) is 0.584. The third-order valence-electron chi connectivity index (χ3n) is 2.25. The molecule has 2 aromatic carbocycles. The van der Waals surface area contributed by atoms with Crippen LogP contribution in [-0.2, 0) is 0 Å². The van der Waals surface area contributed by atoms with Gasteiger partial charge in [-0.2, -0.15) is 10.2 Å². The zero-order chi connectivity index (χ0) is 12.8. The van der Waals surface area contributed by atoms with E-state index in [2.05, 4.69) is 10.2 Å². The first kappa shape index (κ1) is 12.1. The van der Waals surface area contributed by atoms with Gasteiger partial charge in [0.1, 0.15) is 0 Å². The van der Waals surface area contributed by atoms with E-state index in [-0.39, 0.29) is 5.56 Å². The average molecular weight is 244 g/mol. The Morgan fingerprint density at radius 2 is 1.50 bits per heavy atom. The van der Waals surface area contributed by atoms with Gasteiger partial charge in [-0.25, -0.2) is 8.78 Å². The fraction of sp³-hybridized carbons (Fsp3) is 0.